The molecule has 0 spiro atoms. The van der Waals surface area contributed by atoms with Gasteiger partial charge in [0.05, 0.1) is 35.8 Å². The number of aryl methyl sites for hydroxylation is 1. The zero-order chi connectivity index (χ0) is 29.1. The molecule has 0 radical (unpaired) electrons. The Morgan fingerprint density at radius 1 is 1.07 bits per heavy atom. The quantitative estimate of drug-likeness (QED) is 0.299. The second-order valence-corrected chi connectivity index (χ2v) is 9.87. The molecule has 6 rings (SSSR count). The van der Waals surface area contributed by atoms with Crippen molar-refractivity contribution in [1.29, 1.82) is 0 Å². The van der Waals surface area contributed by atoms with Crippen molar-refractivity contribution in [1.82, 2.24) is 9.55 Å². The normalized spacial score (nSPS) is 17.6. The molecule has 1 N–H and O–H groups in total. The zero-order valence-corrected chi connectivity index (χ0v) is 21.6. The van der Waals surface area contributed by atoms with Gasteiger partial charge in [0, 0.05) is 41.3 Å². The summed E-state index contributed by atoms with van der Waals surface area (Å²) in [5.41, 5.74) is 2.29. The van der Waals surface area contributed by atoms with E-state index < -0.39 is 35.8 Å². The van der Waals surface area contributed by atoms with Crippen LogP contribution < -0.4 is 14.4 Å². The minimum absolute atomic E-state index is 0.0657. The maximum Gasteiger partial charge on any atom is 0.471 e. The second kappa shape index (κ2) is 9.79. The molecule has 1 aromatic heterocycles. The van der Waals surface area contributed by atoms with Crippen LogP contribution in [0.15, 0.2) is 54.6 Å². The first-order valence-corrected chi connectivity index (χ1v) is 12.9. The van der Waals surface area contributed by atoms with E-state index in [4.69, 9.17) is 14.6 Å². The molecule has 3 heterocycles. The third-order valence-electron chi connectivity index (χ3n) is 7.36. The molecule has 212 valence electrons. The molecule has 8 nitrogen and oxygen atoms in total. The number of carbonyl (C=O) groups excluding carboxylic acids is 1. The Bertz CT molecular complexity index is 1700. The summed E-state index contributed by atoms with van der Waals surface area (Å²) in [7, 11) is 0. The molecule has 2 atom stereocenters. The van der Waals surface area contributed by atoms with Gasteiger partial charge in [0.15, 0.2) is 0 Å². The molecule has 0 saturated heterocycles. The van der Waals surface area contributed by atoms with Crippen molar-refractivity contribution < 1.29 is 41.7 Å². The number of fused-ring (bicyclic) bond motifs is 3. The van der Waals surface area contributed by atoms with Crippen LogP contribution in [-0.4, -0.2) is 45.9 Å². The fourth-order valence-corrected chi connectivity index (χ4v) is 5.58. The lowest BCUT2D eigenvalue weighted by Crippen LogP contribution is -2.44. The number of carboxylic acid groups (broad SMARTS) is 1. The minimum Gasteiger partial charge on any atom is -0.493 e. The smallest absolute Gasteiger partial charge is 0.471 e. The van der Waals surface area contributed by atoms with Gasteiger partial charge in [0.25, 0.3) is 0 Å². The van der Waals surface area contributed by atoms with Crippen molar-refractivity contribution >= 4 is 28.6 Å². The third-order valence-corrected chi connectivity index (χ3v) is 7.36. The van der Waals surface area contributed by atoms with Gasteiger partial charge in [-0.1, -0.05) is 25.1 Å². The van der Waals surface area contributed by atoms with Crippen LogP contribution in [0.4, 0.5) is 23.2 Å². The Kier molecular flexibility index (Phi) is 6.35. The summed E-state index contributed by atoms with van der Waals surface area (Å²) in [5.74, 6) is -2.96. The van der Waals surface area contributed by atoms with Crippen LogP contribution in [0.2, 0.25) is 0 Å². The van der Waals surface area contributed by atoms with E-state index in [0.717, 1.165) is 0 Å². The summed E-state index contributed by atoms with van der Waals surface area (Å²) in [6.07, 6.45) is -4.91. The molecule has 0 aliphatic carbocycles. The number of halogens is 4. The van der Waals surface area contributed by atoms with Crippen LogP contribution in [0.3, 0.4) is 0 Å². The van der Waals surface area contributed by atoms with Crippen molar-refractivity contribution in [3.63, 3.8) is 0 Å². The van der Waals surface area contributed by atoms with Crippen LogP contribution >= 0.6 is 0 Å². The van der Waals surface area contributed by atoms with Crippen LogP contribution in [0.1, 0.15) is 42.3 Å². The number of para-hydroxylation sites is 1. The molecular weight excluding hydrogens is 546 g/mol. The lowest BCUT2D eigenvalue weighted by atomic mass is 9.97. The van der Waals surface area contributed by atoms with Gasteiger partial charge in [-0.05, 0) is 24.3 Å². The molecule has 2 aliphatic rings. The Labute approximate surface area is 230 Å². The average molecular weight is 570 g/mol. The number of rotatable bonds is 6. The predicted molar refractivity (Wildman–Crippen MR) is 139 cm³/mol. The van der Waals surface area contributed by atoms with Crippen LogP contribution in [-0.2, 0) is 16.0 Å². The van der Waals surface area contributed by atoms with Crippen LogP contribution in [0.5, 0.6) is 11.5 Å². The molecule has 4 aromatic rings. The number of hydrogen-bond acceptors (Lipinski definition) is 5. The van der Waals surface area contributed by atoms with Gasteiger partial charge in [-0.15, -0.1) is 0 Å². The number of ether oxygens (including phenoxy) is 2. The van der Waals surface area contributed by atoms with Crippen molar-refractivity contribution in [3.05, 3.63) is 77.4 Å². The number of alkyl halides is 3. The number of hydrogen-bond donors (Lipinski definition) is 1. The van der Waals surface area contributed by atoms with Gasteiger partial charge in [-0.3, -0.25) is 19.1 Å². The van der Waals surface area contributed by atoms with Gasteiger partial charge < -0.3 is 14.6 Å². The Morgan fingerprint density at radius 2 is 1.88 bits per heavy atom. The number of imidazole rings is 1. The SMILES string of the molecule is CCc1nc2ccc(F)cc2n1-c1cccc2c1OC[C@H]2N(C(=O)C(F)(F)F)c1ccc2c(c1)OC[C@H]2CC(=O)O. The summed E-state index contributed by atoms with van der Waals surface area (Å²) in [5, 5.41) is 9.17. The van der Waals surface area contributed by atoms with Crippen molar-refractivity contribution in [2.45, 2.75) is 37.9 Å². The largest absolute Gasteiger partial charge is 0.493 e. The number of aliphatic carboxylic acids is 1. The summed E-state index contributed by atoms with van der Waals surface area (Å²) in [6.45, 7) is 1.67. The summed E-state index contributed by atoms with van der Waals surface area (Å²) < 4.78 is 69.3. The lowest BCUT2D eigenvalue weighted by molar-refractivity contribution is -0.171. The van der Waals surface area contributed by atoms with E-state index in [1.807, 2.05) is 6.92 Å². The summed E-state index contributed by atoms with van der Waals surface area (Å²) >= 11 is 0. The molecule has 1 amide bonds. The number of aromatic nitrogens is 2. The van der Waals surface area contributed by atoms with Gasteiger partial charge in [-0.25, -0.2) is 9.37 Å². The molecule has 0 unspecified atom stereocenters. The number of benzene rings is 3. The number of carbonyl (C=O) groups is 2. The number of nitrogens with zero attached hydrogens (tertiary/aromatic N) is 3. The maximum atomic E-state index is 14.2. The Hall–Kier alpha value is -4.61. The van der Waals surface area contributed by atoms with E-state index in [0.29, 0.717) is 45.0 Å². The van der Waals surface area contributed by atoms with Crippen molar-refractivity contribution in [2.75, 3.05) is 18.1 Å². The predicted octanol–water partition coefficient (Wildman–Crippen LogP) is 5.71. The minimum atomic E-state index is -5.19. The fourth-order valence-electron chi connectivity index (χ4n) is 5.58. The van der Waals surface area contributed by atoms with Gasteiger partial charge >= 0.3 is 18.1 Å². The molecule has 41 heavy (non-hydrogen) atoms. The van der Waals surface area contributed by atoms with Gasteiger partial charge in [0.1, 0.15) is 29.7 Å². The Morgan fingerprint density at radius 3 is 2.61 bits per heavy atom. The Balaban J connectivity index is 1.46. The average Bonchev–Trinajstić information content (AvgIpc) is 3.63. The number of carboxylic acids is 1. The van der Waals surface area contributed by atoms with Crippen LogP contribution in [0, 0.1) is 5.82 Å². The van der Waals surface area contributed by atoms with E-state index >= 15 is 0 Å². The molecule has 12 heteroatoms. The van der Waals surface area contributed by atoms with E-state index in [2.05, 4.69) is 4.98 Å². The first-order valence-electron chi connectivity index (χ1n) is 12.9. The van der Waals surface area contributed by atoms with Crippen molar-refractivity contribution in [3.8, 4) is 17.2 Å². The molecular formula is C29H23F4N3O5. The van der Waals surface area contributed by atoms with Crippen molar-refractivity contribution in [2.24, 2.45) is 0 Å². The molecule has 3 aromatic carbocycles. The molecule has 0 bridgehead atoms. The van der Waals surface area contributed by atoms with E-state index in [1.54, 1.807) is 28.8 Å². The number of anilines is 1. The second-order valence-electron chi connectivity index (χ2n) is 9.87. The van der Waals surface area contributed by atoms with E-state index in [1.165, 1.54) is 30.3 Å². The topological polar surface area (TPSA) is 93.9 Å². The summed E-state index contributed by atoms with van der Waals surface area (Å²) in [4.78, 5) is 29.3. The number of amides is 1. The molecule has 0 saturated carbocycles. The van der Waals surface area contributed by atoms with Gasteiger partial charge in [0.2, 0.25) is 0 Å². The monoisotopic (exact) mass is 569 g/mol. The molecule has 2 aliphatic heterocycles. The zero-order valence-electron chi connectivity index (χ0n) is 21.6. The highest BCUT2D eigenvalue weighted by atomic mass is 19.4. The molecule has 0 fully saturated rings. The first-order chi connectivity index (χ1) is 19.6. The highest BCUT2D eigenvalue weighted by Gasteiger charge is 2.48. The highest BCUT2D eigenvalue weighted by molar-refractivity contribution is 5.98. The van der Waals surface area contributed by atoms with Crippen LogP contribution in [0.25, 0.3) is 16.7 Å². The van der Waals surface area contributed by atoms with E-state index in [9.17, 15) is 27.2 Å². The highest BCUT2D eigenvalue weighted by Crippen LogP contribution is 2.46. The maximum absolute atomic E-state index is 14.2. The standard InChI is InChI=1S/C29H23F4N3O5/c1-2-25-34-20-9-6-16(30)11-22(20)36(25)21-5-3-4-19-23(14-41-27(19)21)35(28(39)29(31,32)33)17-7-8-18-15(10-26(37)38)13-40-24(18)12-17/h3-9,11-12,15,23H,2,10,13-14H2,1H3,(H,37,38)/t15-,23-/m1/s1. The lowest BCUT2D eigenvalue weighted by Gasteiger charge is -2.29. The summed E-state index contributed by atoms with van der Waals surface area (Å²) in [6, 6.07) is 12.1. The van der Waals surface area contributed by atoms with Gasteiger partial charge in [-0.2, -0.15) is 13.2 Å². The van der Waals surface area contributed by atoms with E-state index in [-0.39, 0.29) is 36.8 Å². The third kappa shape index (κ3) is 4.52. The first kappa shape index (κ1) is 26.6. The fraction of sp³-hybridized carbons (Fsp3) is 0.276.